The van der Waals surface area contributed by atoms with Crippen LogP contribution in [0.15, 0.2) is 50.9 Å². The van der Waals surface area contributed by atoms with Crippen molar-refractivity contribution < 1.29 is 9.53 Å². The second-order valence-electron chi connectivity index (χ2n) is 5.39. The molecule has 1 amide bonds. The summed E-state index contributed by atoms with van der Waals surface area (Å²) in [5.41, 5.74) is 2.80. The molecule has 0 aliphatic carbocycles. The fourth-order valence-corrected chi connectivity index (χ4v) is 2.43. The zero-order chi connectivity index (χ0) is 17.7. The zero-order valence-corrected chi connectivity index (χ0v) is 15.2. The second kappa shape index (κ2) is 7.92. The summed E-state index contributed by atoms with van der Waals surface area (Å²) in [6.45, 7) is 3.90. The molecule has 2 aromatic rings. The van der Waals surface area contributed by atoms with Gasteiger partial charge in [0, 0.05) is 13.2 Å². The first-order valence-electron chi connectivity index (χ1n) is 7.33. The van der Waals surface area contributed by atoms with Gasteiger partial charge in [0.15, 0.2) is 0 Å². The Bertz CT molecular complexity index is 828. The Labute approximate surface area is 148 Å². The number of halogens is 1. The predicted molar refractivity (Wildman–Crippen MR) is 96.6 cm³/mol. The summed E-state index contributed by atoms with van der Waals surface area (Å²) in [6, 6.07) is 8.56. The molecule has 1 heterocycles. The topological polar surface area (TPSA) is 72.7 Å². The van der Waals surface area contributed by atoms with Crippen molar-refractivity contribution in [3.05, 3.63) is 62.5 Å². The summed E-state index contributed by atoms with van der Waals surface area (Å²) in [5, 5.41) is 3.89. The van der Waals surface area contributed by atoms with Gasteiger partial charge in [-0.2, -0.15) is 5.10 Å². The molecule has 0 saturated carbocycles. The lowest BCUT2D eigenvalue weighted by Crippen LogP contribution is -2.29. The van der Waals surface area contributed by atoms with E-state index in [-0.39, 0.29) is 17.2 Å². The predicted octanol–water partition coefficient (Wildman–Crippen LogP) is 2.70. The van der Waals surface area contributed by atoms with Gasteiger partial charge >= 0.3 is 0 Å². The lowest BCUT2D eigenvalue weighted by molar-refractivity contribution is 0.0953. The minimum Gasteiger partial charge on any atom is -0.490 e. The molecule has 126 valence electrons. The minimum atomic E-state index is -0.550. The second-order valence-corrected chi connectivity index (χ2v) is 6.25. The quantitative estimate of drug-likeness (QED) is 0.628. The maximum atomic E-state index is 12.0. The summed E-state index contributed by atoms with van der Waals surface area (Å²) in [4.78, 5) is 23.8. The fourth-order valence-electron chi connectivity index (χ4n) is 1.94. The molecule has 1 aromatic carbocycles. The Morgan fingerprint density at radius 1 is 1.38 bits per heavy atom. The monoisotopic (exact) mass is 391 g/mol. The lowest BCUT2D eigenvalue weighted by Gasteiger charge is -2.11. The van der Waals surface area contributed by atoms with Crippen molar-refractivity contribution in [3.63, 3.8) is 0 Å². The van der Waals surface area contributed by atoms with Crippen molar-refractivity contribution in [1.82, 2.24) is 9.99 Å². The average molecular weight is 392 g/mol. The van der Waals surface area contributed by atoms with Crippen molar-refractivity contribution >= 4 is 28.1 Å². The molecule has 7 heteroatoms. The van der Waals surface area contributed by atoms with Gasteiger partial charge in [0.05, 0.1) is 16.8 Å². The number of hydrazone groups is 1. The van der Waals surface area contributed by atoms with E-state index >= 15 is 0 Å². The number of benzene rings is 1. The zero-order valence-electron chi connectivity index (χ0n) is 13.6. The highest BCUT2D eigenvalue weighted by Gasteiger charge is 2.09. The third-order valence-electron chi connectivity index (χ3n) is 3.07. The molecule has 1 N–H and O–H groups in total. The molecule has 0 atom stereocenters. The van der Waals surface area contributed by atoms with E-state index in [1.165, 1.54) is 16.8 Å². The Kier molecular flexibility index (Phi) is 5.92. The fraction of sp³-hybridized carbons (Fsp3) is 0.235. The molecular weight excluding hydrogens is 374 g/mol. The first kappa shape index (κ1) is 17.9. The number of ether oxygens (including phenoxy) is 1. The normalized spacial score (nSPS) is 11.0. The van der Waals surface area contributed by atoms with Crippen molar-refractivity contribution in [2.75, 3.05) is 0 Å². The third-order valence-corrected chi connectivity index (χ3v) is 3.69. The summed E-state index contributed by atoms with van der Waals surface area (Å²) in [6.07, 6.45) is 3.16. The SMILES string of the molecule is CC(C)Oc1ccc(/C=N\NC(=O)c2cccn(C)c2=O)cc1Br. The van der Waals surface area contributed by atoms with Gasteiger partial charge in [-0.15, -0.1) is 0 Å². The van der Waals surface area contributed by atoms with Crippen LogP contribution in [0.4, 0.5) is 0 Å². The third kappa shape index (κ3) is 4.55. The molecule has 6 nitrogen and oxygen atoms in total. The van der Waals surface area contributed by atoms with Gasteiger partial charge < -0.3 is 9.30 Å². The number of aryl methyl sites for hydroxylation is 1. The van der Waals surface area contributed by atoms with E-state index in [2.05, 4.69) is 26.5 Å². The molecule has 1 aromatic heterocycles. The van der Waals surface area contributed by atoms with Crippen LogP contribution >= 0.6 is 15.9 Å². The van der Waals surface area contributed by atoms with Crippen molar-refractivity contribution in [3.8, 4) is 5.75 Å². The first-order valence-corrected chi connectivity index (χ1v) is 8.13. The molecule has 0 aliphatic heterocycles. The number of hydrogen-bond donors (Lipinski definition) is 1. The van der Waals surface area contributed by atoms with Crippen LogP contribution in [0, 0.1) is 0 Å². The van der Waals surface area contributed by atoms with E-state index in [1.807, 2.05) is 32.0 Å². The van der Waals surface area contributed by atoms with Gasteiger partial charge in [-0.05, 0) is 65.7 Å². The Balaban J connectivity index is 2.06. The standard InChI is InChI=1S/C17H18BrN3O3/c1-11(2)24-15-7-6-12(9-14(15)18)10-19-20-16(22)13-5-4-8-21(3)17(13)23/h4-11H,1-3H3,(H,20,22)/b19-10-. The summed E-state index contributed by atoms with van der Waals surface area (Å²) in [5.74, 6) is 0.185. The Morgan fingerprint density at radius 2 is 2.12 bits per heavy atom. The van der Waals surface area contributed by atoms with E-state index in [1.54, 1.807) is 19.3 Å². The molecule has 0 radical (unpaired) electrons. The van der Waals surface area contributed by atoms with Gasteiger partial charge in [0.2, 0.25) is 0 Å². The highest BCUT2D eigenvalue weighted by atomic mass is 79.9. The number of carbonyl (C=O) groups is 1. The van der Waals surface area contributed by atoms with Crippen LogP contribution in [0.2, 0.25) is 0 Å². The molecule has 24 heavy (non-hydrogen) atoms. The van der Waals surface area contributed by atoms with Crippen LogP contribution in [0.25, 0.3) is 0 Å². The highest BCUT2D eigenvalue weighted by Crippen LogP contribution is 2.26. The Hall–Kier alpha value is -2.41. The van der Waals surface area contributed by atoms with Gasteiger partial charge in [0.25, 0.3) is 11.5 Å². The molecular formula is C17H18BrN3O3. The highest BCUT2D eigenvalue weighted by molar-refractivity contribution is 9.10. The lowest BCUT2D eigenvalue weighted by atomic mass is 10.2. The molecule has 0 bridgehead atoms. The van der Waals surface area contributed by atoms with Gasteiger partial charge in [-0.3, -0.25) is 9.59 Å². The largest absolute Gasteiger partial charge is 0.490 e. The van der Waals surface area contributed by atoms with Gasteiger partial charge in [-0.25, -0.2) is 5.43 Å². The first-order chi connectivity index (χ1) is 11.4. The molecule has 0 fully saturated rings. The van der Waals surface area contributed by atoms with E-state index in [4.69, 9.17) is 4.74 Å². The molecule has 2 rings (SSSR count). The van der Waals surface area contributed by atoms with Crippen LogP contribution < -0.4 is 15.7 Å². The molecule has 0 aliphatic rings. The molecule has 0 unspecified atom stereocenters. The smallest absolute Gasteiger partial charge is 0.276 e. The van der Waals surface area contributed by atoms with E-state index in [0.29, 0.717) is 0 Å². The van der Waals surface area contributed by atoms with Crippen LogP contribution in [0.1, 0.15) is 29.8 Å². The average Bonchev–Trinajstić information content (AvgIpc) is 2.52. The van der Waals surface area contributed by atoms with E-state index < -0.39 is 5.91 Å². The number of hydrogen-bond acceptors (Lipinski definition) is 4. The van der Waals surface area contributed by atoms with Crippen molar-refractivity contribution in [1.29, 1.82) is 0 Å². The maximum Gasteiger partial charge on any atom is 0.276 e. The molecule has 0 saturated heterocycles. The number of rotatable bonds is 5. The number of carbonyl (C=O) groups excluding carboxylic acids is 1. The molecule has 0 spiro atoms. The van der Waals surface area contributed by atoms with Crippen molar-refractivity contribution in [2.24, 2.45) is 12.1 Å². The Morgan fingerprint density at radius 3 is 2.79 bits per heavy atom. The maximum absolute atomic E-state index is 12.0. The van der Waals surface area contributed by atoms with Crippen molar-refractivity contribution in [2.45, 2.75) is 20.0 Å². The van der Waals surface area contributed by atoms with E-state index in [9.17, 15) is 9.59 Å². The summed E-state index contributed by atoms with van der Waals surface area (Å²) < 4.78 is 7.76. The van der Waals surface area contributed by atoms with Crippen LogP contribution in [-0.2, 0) is 7.05 Å². The number of pyridine rings is 1. The summed E-state index contributed by atoms with van der Waals surface area (Å²) >= 11 is 3.43. The van der Waals surface area contributed by atoms with E-state index in [0.717, 1.165) is 15.8 Å². The van der Waals surface area contributed by atoms with Crippen LogP contribution in [-0.4, -0.2) is 22.8 Å². The van der Waals surface area contributed by atoms with Crippen LogP contribution in [0.5, 0.6) is 5.75 Å². The number of nitrogens with zero attached hydrogens (tertiary/aromatic N) is 2. The number of nitrogens with one attached hydrogen (secondary N) is 1. The number of amides is 1. The van der Waals surface area contributed by atoms with Gasteiger partial charge in [0.1, 0.15) is 11.3 Å². The van der Waals surface area contributed by atoms with Gasteiger partial charge in [-0.1, -0.05) is 0 Å². The van der Waals surface area contributed by atoms with Crippen LogP contribution in [0.3, 0.4) is 0 Å². The number of aromatic nitrogens is 1. The summed E-state index contributed by atoms with van der Waals surface area (Å²) in [7, 11) is 1.58. The minimum absolute atomic E-state index is 0.0408.